The van der Waals surface area contributed by atoms with Crippen molar-refractivity contribution in [1.29, 1.82) is 0 Å². The molecule has 1 amide bonds. The van der Waals surface area contributed by atoms with Gasteiger partial charge >= 0.3 is 0 Å². The van der Waals surface area contributed by atoms with Crippen LogP contribution in [0.15, 0.2) is 34.3 Å². The Morgan fingerprint density at radius 2 is 2.11 bits per heavy atom. The smallest absolute Gasteiger partial charge is 0.248 e. The van der Waals surface area contributed by atoms with E-state index in [4.69, 9.17) is 4.63 Å². The molecule has 0 saturated heterocycles. The number of rotatable bonds is 5. The van der Waals surface area contributed by atoms with E-state index in [9.17, 15) is 4.79 Å². The van der Waals surface area contributed by atoms with E-state index in [1.54, 1.807) is 6.92 Å². The predicted octanol–water partition coefficient (Wildman–Crippen LogP) is 3.61. The van der Waals surface area contributed by atoms with Gasteiger partial charge in [-0.1, -0.05) is 24.2 Å². The van der Waals surface area contributed by atoms with Crippen LogP contribution in [0.1, 0.15) is 31.4 Å². The zero-order chi connectivity index (χ0) is 19.0. The Morgan fingerprint density at radius 3 is 2.85 bits per heavy atom. The molecular weight excluding hydrogens is 364 g/mol. The second kappa shape index (κ2) is 6.92. The fourth-order valence-electron chi connectivity index (χ4n) is 3.01. The van der Waals surface area contributed by atoms with Crippen molar-refractivity contribution in [3.05, 3.63) is 41.2 Å². The lowest BCUT2D eigenvalue weighted by molar-refractivity contribution is -0.118. The van der Waals surface area contributed by atoms with Crippen LogP contribution in [0.2, 0.25) is 0 Å². The summed E-state index contributed by atoms with van der Waals surface area (Å²) in [6.45, 7) is 5.69. The Hall–Kier alpha value is -3.07. The number of nitrogens with zero attached hydrogens (tertiary/aromatic N) is 5. The van der Waals surface area contributed by atoms with E-state index in [0.717, 1.165) is 23.3 Å². The van der Waals surface area contributed by atoms with Gasteiger partial charge in [0.05, 0.1) is 11.0 Å². The average molecular weight is 382 g/mol. The molecule has 3 heterocycles. The first-order valence-corrected chi connectivity index (χ1v) is 9.48. The number of fused-ring (bicyclic) bond motifs is 1. The average Bonchev–Trinajstić information content (AvgIpc) is 3.38. The second-order valence-corrected chi connectivity index (χ2v) is 7.00. The molecule has 1 N–H and O–H groups in total. The van der Waals surface area contributed by atoms with Crippen LogP contribution in [0.5, 0.6) is 0 Å². The Kier molecular flexibility index (Phi) is 4.44. The summed E-state index contributed by atoms with van der Waals surface area (Å²) >= 11 is 1.34. The molecule has 8 nitrogen and oxygen atoms in total. The van der Waals surface area contributed by atoms with Crippen molar-refractivity contribution in [1.82, 2.24) is 24.8 Å². The van der Waals surface area contributed by atoms with E-state index in [-0.39, 0.29) is 5.91 Å². The van der Waals surface area contributed by atoms with Gasteiger partial charge in [0, 0.05) is 11.8 Å². The molecule has 1 aromatic carbocycles. The van der Waals surface area contributed by atoms with E-state index in [1.165, 1.54) is 11.3 Å². The minimum Gasteiger partial charge on any atom is -0.316 e. The highest BCUT2D eigenvalue weighted by Gasteiger charge is 2.22. The molecule has 0 saturated carbocycles. The molecule has 4 rings (SSSR count). The molecule has 3 aromatic heterocycles. The summed E-state index contributed by atoms with van der Waals surface area (Å²) in [5, 5.41) is 12.8. The number of imidazole rings is 1. The number of carbonyl (C=O) groups is 1. The zero-order valence-corrected chi connectivity index (χ0v) is 15.9. The first kappa shape index (κ1) is 17.3. The van der Waals surface area contributed by atoms with Crippen LogP contribution in [0.3, 0.4) is 0 Å². The Bertz CT molecular complexity index is 1110. The Morgan fingerprint density at radius 1 is 1.30 bits per heavy atom. The van der Waals surface area contributed by atoms with Crippen LogP contribution in [-0.4, -0.2) is 30.8 Å². The number of hydrogen-bond donors (Lipinski definition) is 1. The highest BCUT2D eigenvalue weighted by molar-refractivity contribution is 7.14. The third-order valence-corrected chi connectivity index (χ3v) is 5.14. The first-order chi connectivity index (χ1) is 13.1. The third-order valence-electron chi connectivity index (χ3n) is 4.38. The van der Waals surface area contributed by atoms with Gasteiger partial charge in [-0.05, 0) is 31.1 Å². The first-order valence-electron chi connectivity index (χ1n) is 8.60. The maximum atomic E-state index is 12.8. The lowest BCUT2D eigenvalue weighted by Gasteiger charge is -2.16. The number of anilines is 1. The van der Waals surface area contributed by atoms with Crippen molar-refractivity contribution in [2.45, 2.75) is 33.2 Å². The van der Waals surface area contributed by atoms with Gasteiger partial charge in [-0.2, -0.15) is 0 Å². The number of para-hydroxylation sites is 2. The Balaban J connectivity index is 1.59. The van der Waals surface area contributed by atoms with Crippen molar-refractivity contribution < 1.29 is 9.42 Å². The monoisotopic (exact) mass is 382 g/mol. The normalized spacial score (nSPS) is 12.4. The molecular formula is C18H18N6O2S. The van der Waals surface area contributed by atoms with Gasteiger partial charge in [0.1, 0.15) is 23.3 Å². The van der Waals surface area contributed by atoms with Gasteiger partial charge in [0.2, 0.25) is 5.91 Å². The van der Waals surface area contributed by atoms with Gasteiger partial charge in [-0.15, -0.1) is 11.3 Å². The number of carbonyl (C=O) groups excluding carboxylic acids is 1. The highest BCUT2D eigenvalue weighted by atomic mass is 32.1. The van der Waals surface area contributed by atoms with Gasteiger partial charge in [0.15, 0.2) is 10.8 Å². The van der Waals surface area contributed by atoms with Crippen LogP contribution in [0.25, 0.3) is 22.4 Å². The minimum atomic E-state index is -0.421. The molecule has 9 heteroatoms. The topological polar surface area (TPSA) is 98.7 Å². The van der Waals surface area contributed by atoms with Crippen LogP contribution in [0.4, 0.5) is 5.13 Å². The number of amides is 1. The number of aryl methyl sites for hydroxylation is 2. The number of aromatic nitrogens is 5. The van der Waals surface area contributed by atoms with Crippen LogP contribution in [0, 0.1) is 6.92 Å². The molecule has 0 aliphatic rings. The summed E-state index contributed by atoms with van der Waals surface area (Å²) in [4.78, 5) is 21.9. The van der Waals surface area contributed by atoms with Crippen molar-refractivity contribution in [2.75, 3.05) is 5.32 Å². The van der Waals surface area contributed by atoms with Crippen molar-refractivity contribution in [3.8, 4) is 11.4 Å². The quantitative estimate of drug-likeness (QED) is 0.566. The van der Waals surface area contributed by atoms with Gasteiger partial charge in [0.25, 0.3) is 0 Å². The van der Waals surface area contributed by atoms with Gasteiger partial charge in [-0.25, -0.2) is 14.6 Å². The van der Waals surface area contributed by atoms with E-state index < -0.39 is 6.04 Å². The predicted molar refractivity (Wildman–Crippen MR) is 103 cm³/mol. The van der Waals surface area contributed by atoms with Crippen molar-refractivity contribution in [2.24, 2.45) is 0 Å². The molecule has 0 radical (unpaired) electrons. The Labute approximate surface area is 159 Å². The SMILES string of the molecule is CCc1nc2ccccc2n1C(C)C(=O)Nc1nc(-c2nonc2C)cs1. The van der Waals surface area contributed by atoms with Gasteiger partial charge < -0.3 is 9.88 Å². The van der Waals surface area contributed by atoms with E-state index in [0.29, 0.717) is 22.2 Å². The summed E-state index contributed by atoms with van der Waals surface area (Å²) in [5.41, 5.74) is 3.70. The van der Waals surface area contributed by atoms with E-state index >= 15 is 0 Å². The molecule has 0 aliphatic heterocycles. The van der Waals surface area contributed by atoms with Crippen molar-refractivity contribution in [3.63, 3.8) is 0 Å². The largest absolute Gasteiger partial charge is 0.316 e. The highest BCUT2D eigenvalue weighted by Crippen LogP contribution is 2.27. The number of benzene rings is 1. The maximum Gasteiger partial charge on any atom is 0.248 e. The molecule has 0 bridgehead atoms. The molecule has 0 spiro atoms. The third kappa shape index (κ3) is 3.10. The molecule has 4 aromatic rings. The lowest BCUT2D eigenvalue weighted by atomic mass is 10.2. The molecule has 0 aliphatic carbocycles. The van der Waals surface area contributed by atoms with Crippen LogP contribution >= 0.6 is 11.3 Å². The summed E-state index contributed by atoms with van der Waals surface area (Å²) < 4.78 is 6.69. The number of hydrogen-bond acceptors (Lipinski definition) is 7. The molecule has 27 heavy (non-hydrogen) atoms. The van der Waals surface area contributed by atoms with Gasteiger partial charge in [-0.3, -0.25) is 4.79 Å². The van der Waals surface area contributed by atoms with Crippen LogP contribution < -0.4 is 5.32 Å². The second-order valence-electron chi connectivity index (χ2n) is 6.14. The summed E-state index contributed by atoms with van der Waals surface area (Å²) in [5.74, 6) is 0.728. The minimum absolute atomic E-state index is 0.149. The molecule has 1 unspecified atom stereocenters. The molecule has 138 valence electrons. The fourth-order valence-corrected chi connectivity index (χ4v) is 3.70. The zero-order valence-electron chi connectivity index (χ0n) is 15.1. The molecule has 0 fully saturated rings. The molecule has 1 atom stereocenters. The maximum absolute atomic E-state index is 12.8. The van der Waals surface area contributed by atoms with Crippen molar-refractivity contribution >= 4 is 33.4 Å². The lowest BCUT2D eigenvalue weighted by Crippen LogP contribution is -2.24. The number of thiazole rings is 1. The summed E-state index contributed by atoms with van der Waals surface area (Å²) in [6.07, 6.45) is 0.742. The van der Waals surface area contributed by atoms with E-state index in [1.807, 2.05) is 48.1 Å². The van der Waals surface area contributed by atoms with Crippen LogP contribution in [-0.2, 0) is 11.2 Å². The van der Waals surface area contributed by atoms with E-state index in [2.05, 4.69) is 25.6 Å². The fraction of sp³-hybridized carbons (Fsp3) is 0.278. The number of nitrogens with one attached hydrogen (secondary N) is 1. The summed E-state index contributed by atoms with van der Waals surface area (Å²) in [7, 11) is 0. The standard InChI is InChI=1S/C18H18N6O2S/c1-4-15-19-12-7-5-6-8-14(12)24(15)11(3)17(25)21-18-20-13(9-27-18)16-10(2)22-26-23-16/h5-9,11H,4H2,1-3H3,(H,20,21,25). The summed E-state index contributed by atoms with van der Waals surface area (Å²) in [6, 6.07) is 7.41.